The van der Waals surface area contributed by atoms with Crippen LogP contribution in [0.15, 0.2) is 30.0 Å². The molecule has 2 amide bonds. The number of imide groups is 1. The number of hydrogen-bond acceptors (Lipinski definition) is 5. The van der Waals surface area contributed by atoms with Gasteiger partial charge in [0.15, 0.2) is 0 Å². The lowest BCUT2D eigenvalue weighted by Gasteiger charge is -2.33. The Bertz CT molecular complexity index is 726. The van der Waals surface area contributed by atoms with Gasteiger partial charge in [-0.3, -0.25) is 14.5 Å². The van der Waals surface area contributed by atoms with Crippen LogP contribution in [0.4, 0.5) is 0 Å². The summed E-state index contributed by atoms with van der Waals surface area (Å²) in [6, 6.07) is 7.41. The van der Waals surface area contributed by atoms with E-state index < -0.39 is 0 Å². The third-order valence-electron chi connectivity index (χ3n) is 5.09. The molecular formula is C21H28N2O4. The summed E-state index contributed by atoms with van der Waals surface area (Å²) in [5, 5.41) is 0. The minimum Gasteiger partial charge on any atom is -0.494 e. The van der Waals surface area contributed by atoms with Gasteiger partial charge >= 0.3 is 0 Å². The van der Waals surface area contributed by atoms with E-state index in [1.54, 1.807) is 7.11 Å². The lowest BCUT2D eigenvalue weighted by Crippen LogP contribution is -2.40. The molecule has 2 heterocycles. The molecule has 1 saturated heterocycles. The summed E-state index contributed by atoms with van der Waals surface area (Å²) in [6.45, 7) is 6.90. The first kappa shape index (κ1) is 19.4. The van der Waals surface area contributed by atoms with Crippen molar-refractivity contribution in [2.45, 2.75) is 26.7 Å². The number of ether oxygens (including phenoxy) is 2. The van der Waals surface area contributed by atoms with Gasteiger partial charge in [0.1, 0.15) is 11.4 Å². The fourth-order valence-corrected chi connectivity index (χ4v) is 3.78. The highest BCUT2D eigenvalue weighted by Gasteiger charge is 2.41. The highest BCUT2D eigenvalue weighted by Crippen LogP contribution is 2.34. The Morgan fingerprint density at radius 2 is 1.89 bits per heavy atom. The highest BCUT2D eigenvalue weighted by molar-refractivity contribution is 6.35. The van der Waals surface area contributed by atoms with Crippen molar-refractivity contribution in [3.05, 3.63) is 35.5 Å². The summed E-state index contributed by atoms with van der Waals surface area (Å²) in [5.41, 5.74) is 1.78. The quantitative estimate of drug-likeness (QED) is 0.689. The maximum atomic E-state index is 13.1. The average Bonchev–Trinajstić information content (AvgIpc) is 2.91. The lowest BCUT2D eigenvalue weighted by molar-refractivity contribution is -0.138. The molecule has 2 aliphatic heterocycles. The van der Waals surface area contributed by atoms with Crippen LogP contribution in [0.5, 0.6) is 5.75 Å². The molecule has 1 aromatic rings. The Labute approximate surface area is 160 Å². The predicted molar refractivity (Wildman–Crippen MR) is 103 cm³/mol. The van der Waals surface area contributed by atoms with Crippen molar-refractivity contribution in [2.24, 2.45) is 5.92 Å². The second-order valence-electron chi connectivity index (χ2n) is 7.13. The van der Waals surface area contributed by atoms with Crippen LogP contribution in [-0.2, 0) is 14.3 Å². The van der Waals surface area contributed by atoms with Crippen LogP contribution in [0.2, 0.25) is 0 Å². The molecule has 1 fully saturated rings. The summed E-state index contributed by atoms with van der Waals surface area (Å²) in [5.74, 6) is 0.802. The maximum Gasteiger partial charge on any atom is 0.277 e. The molecule has 27 heavy (non-hydrogen) atoms. The fraction of sp³-hybridized carbons (Fsp3) is 0.524. The van der Waals surface area contributed by atoms with Gasteiger partial charge < -0.3 is 14.4 Å². The number of piperidine rings is 1. The molecule has 146 valence electrons. The van der Waals surface area contributed by atoms with Crippen molar-refractivity contribution in [1.82, 2.24) is 9.80 Å². The minimum absolute atomic E-state index is 0.213. The number of hydrogen-bond donors (Lipinski definition) is 0. The van der Waals surface area contributed by atoms with Crippen LogP contribution < -0.4 is 4.74 Å². The topological polar surface area (TPSA) is 59.1 Å². The number of amides is 2. The van der Waals surface area contributed by atoms with E-state index in [1.807, 2.05) is 31.2 Å². The number of rotatable bonds is 7. The molecule has 0 aliphatic carbocycles. The average molecular weight is 372 g/mol. The van der Waals surface area contributed by atoms with Gasteiger partial charge in [0, 0.05) is 20.2 Å². The maximum absolute atomic E-state index is 13.1. The van der Waals surface area contributed by atoms with Gasteiger partial charge in [0.25, 0.3) is 11.8 Å². The minimum atomic E-state index is -0.241. The first-order valence-electron chi connectivity index (χ1n) is 9.64. The number of carbonyl (C=O) groups is 2. The summed E-state index contributed by atoms with van der Waals surface area (Å²) < 4.78 is 10.6. The van der Waals surface area contributed by atoms with Gasteiger partial charge in [-0.25, -0.2) is 0 Å². The van der Waals surface area contributed by atoms with Crippen LogP contribution in [0.25, 0.3) is 5.57 Å². The summed E-state index contributed by atoms with van der Waals surface area (Å²) in [7, 11) is 1.57. The Kier molecular flexibility index (Phi) is 6.16. The molecule has 0 N–H and O–H groups in total. The molecule has 0 radical (unpaired) electrons. The summed E-state index contributed by atoms with van der Waals surface area (Å²) >= 11 is 0. The van der Waals surface area contributed by atoms with E-state index in [0.717, 1.165) is 37.2 Å². The Morgan fingerprint density at radius 3 is 2.52 bits per heavy atom. The second-order valence-corrected chi connectivity index (χ2v) is 7.13. The summed E-state index contributed by atoms with van der Waals surface area (Å²) in [4.78, 5) is 29.6. The first-order chi connectivity index (χ1) is 13.1. The molecule has 2 aliphatic rings. The van der Waals surface area contributed by atoms with Crippen LogP contribution >= 0.6 is 0 Å². The summed E-state index contributed by atoms with van der Waals surface area (Å²) in [6.07, 6.45) is 2.18. The van der Waals surface area contributed by atoms with Gasteiger partial charge in [0.05, 0.1) is 25.3 Å². The largest absolute Gasteiger partial charge is 0.494 e. The SMILES string of the molecule is CCOc1ccc(C2=C(N3CCCC(C)C3)C(=O)N(CCOC)C2=O)cc1. The van der Waals surface area contributed by atoms with E-state index in [4.69, 9.17) is 9.47 Å². The van der Waals surface area contributed by atoms with E-state index in [9.17, 15) is 9.59 Å². The molecule has 3 rings (SSSR count). The van der Waals surface area contributed by atoms with Crippen molar-refractivity contribution in [3.63, 3.8) is 0 Å². The Hall–Kier alpha value is -2.34. The standard InChI is InChI=1S/C21H28N2O4/c1-4-27-17-9-7-16(8-10-17)18-19(22-11-5-6-15(2)14-22)21(25)23(20(18)24)12-13-26-3/h7-10,15H,4-6,11-14H2,1-3H3. The van der Waals surface area contributed by atoms with Crippen molar-refractivity contribution in [2.75, 3.05) is 40.0 Å². The number of likely N-dealkylation sites (tertiary alicyclic amines) is 1. The number of benzene rings is 1. The van der Waals surface area contributed by atoms with Gasteiger partial charge in [-0.2, -0.15) is 0 Å². The van der Waals surface area contributed by atoms with Gasteiger partial charge in [-0.15, -0.1) is 0 Å². The third kappa shape index (κ3) is 4.00. The van der Waals surface area contributed by atoms with Crippen molar-refractivity contribution < 1.29 is 19.1 Å². The van der Waals surface area contributed by atoms with Gasteiger partial charge in [0.2, 0.25) is 0 Å². The van der Waals surface area contributed by atoms with E-state index in [2.05, 4.69) is 11.8 Å². The lowest BCUT2D eigenvalue weighted by atomic mass is 9.97. The van der Waals surface area contributed by atoms with E-state index >= 15 is 0 Å². The van der Waals surface area contributed by atoms with Gasteiger partial charge in [-0.1, -0.05) is 19.1 Å². The molecule has 0 spiro atoms. The van der Waals surface area contributed by atoms with Crippen LogP contribution in [0.3, 0.4) is 0 Å². The first-order valence-corrected chi connectivity index (χ1v) is 9.64. The van der Waals surface area contributed by atoms with Crippen LogP contribution in [-0.4, -0.2) is 61.6 Å². The Balaban J connectivity index is 1.99. The van der Waals surface area contributed by atoms with E-state index in [0.29, 0.717) is 30.4 Å². The number of carbonyl (C=O) groups excluding carboxylic acids is 2. The molecule has 6 nitrogen and oxygen atoms in total. The zero-order chi connectivity index (χ0) is 19.4. The Morgan fingerprint density at radius 1 is 1.15 bits per heavy atom. The molecule has 1 unspecified atom stereocenters. The normalized spacial score (nSPS) is 20.6. The molecule has 0 saturated carbocycles. The van der Waals surface area contributed by atoms with Gasteiger partial charge in [-0.05, 0) is 43.4 Å². The third-order valence-corrected chi connectivity index (χ3v) is 5.09. The molecule has 6 heteroatoms. The van der Waals surface area contributed by atoms with Crippen molar-refractivity contribution >= 4 is 17.4 Å². The zero-order valence-electron chi connectivity index (χ0n) is 16.4. The molecule has 1 atom stereocenters. The van der Waals surface area contributed by atoms with Crippen molar-refractivity contribution in [3.8, 4) is 5.75 Å². The second kappa shape index (κ2) is 8.57. The molecule has 0 aromatic heterocycles. The predicted octanol–water partition coefficient (Wildman–Crippen LogP) is 2.54. The van der Waals surface area contributed by atoms with E-state index in [1.165, 1.54) is 4.90 Å². The molecule has 0 bridgehead atoms. The monoisotopic (exact) mass is 372 g/mol. The van der Waals surface area contributed by atoms with E-state index in [-0.39, 0.29) is 18.4 Å². The molecular weight excluding hydrogens is 344 g/mol. The molecule has 1 aromatic carbocycles. The van der Waals surface area contributed by atoms with Crippen molar-refractivity contribution in [1.29, 1.82) is 0 Å². The fourth-order valence-electron chi connectivity index (χ4n) is 3.78. The number of methoxy groups -OCH3 is 1. The smallest absolute Gasteiger partial charge is 0.277 e. The van der Waals surface area contributed by atoms with Crippen LogP contribution in [0, 0.1) is 5.92 Å². The zero-order valence-corrected chi connectivity index (χ0v) is 16.4. The highest BCUT2D eigenvalue weighted by atomic mass is 16.5. The van der Waals surface area contributed by atoms with Crippen LogP contribution in [0.1, 0.15) is 32.3 Å². The number of nitrogens with zero attached hydrogens (tertiary/aromatic N) is 2.